The largest absolute Gasteiger partial charge is 0.463 e. The third kappa shape index (κ3) is 2.21. The molecule has 0 radical (unpaired) electrons. The summed E-state index contributed by atoms with van der Waals surface area (Å²) in [7, 11) is 0. The van der Waals surface area contributed by atoms with Gasteiger partial charge in [0.05, 0.1) is 6.61 Å². The molecule has 0 saturated carbocycles. The van der Waals surface area contributed by atoms with Crippen LogP contribution >= 0.6 is 11.6 Å². The molecule has 1 unspecified atom stereocenters. The van der Waals surface area contributed by atoms with Gasteiger partial charge in [-0.3, -0.25) is 4.79 Å². The second kappa shape index (κ2) is 4.77. The quantitative estimate of drug-likeness (QED) is 0.484. The van der Waals surface area contributed by atoms with Crippen LogP contribution in [0.15, 0.2) is 0 Å². The van der Waals surface area contributed by atoms with E-state index in [1.54, 1.807) is 13.8 Å². The third-order valence-corrected chi connectivity index (χ3v) is 2.41. The van der Waals surface area contributed by atoms with E-state index in [0.717, 1.165) is 0 Å². The first-order valence-corrected chi connectivity index (χ1v) is 5.59. The Hall–Kier alpha value is -1.89. The first-order chi connectivity index (χ1) is 8.52. The van der Waals surface area contributed by atoms with Crippen molar-refractivity contribution in [3.05, 3.63) is 11.0 Å². The molecule has 1 amide bonds. The molecular formula is C10H10ClN3O4. The molecule has 1 atom stereocenters. The highest BCUT2D eigenvalue weighted by atomic mass is 35.5. The van der Waals surface area contributed by atoms with Crippen LogP contribution in [0.2, 0.25) is 5.15 Å². The monoisotopic (exact) mass is 271 g/mol. The highest BCUT2D eigenvalue weighted by Crippen LogP contribution is 2.33. The smallest absolute Gasteiger partial charge is 0.357 e. The molecule has 0 bridgehead atoms. The summed E-state index contributed by atoms with van der Waals surface area (Å²) >= 11 is 5.86. The van der Waals surface area contributed by atoms with E-state index in [1.807, 2.05) is 0 Å². The van der Waals surface area contributed by atoms with Gasteiger partial charge in [-0.2, -0.15) is 0 Å². The van der Waals surface area contributed by atoms with E-state index in [9.17, 15) is 9.59 Å². The molecule has 0 saturated heterocycles. The fourth-order valence-corrected chi connectivity index (χ4v) is 1.70. The van der Waals surface area contributed by atoms with Crippen molar-refractivity contribution in [2.45, 2.75) is 20.0 Å². The van der Waals surface area contributed by atoms with E-state index >= 15 is 0 Å². The summed E-state index contributed by atoms with van der Waals surface area (Å²) in [6.07, 6.45) is -1.39. The SMILES string of the molecule is CCOC(=O)C1Oc2c(Cl)nc(C)nc2NC1=O. The molecule has 8 heteroatoms. The zero-order valence-corrected chi connectivity index (χ0v) is 10.4. The minimum atomic E-state index is -1.39. The van der Waals surface area contributed by atoms with Crippen molar-refractivity contribution in [1.82, 2.24) is 9.97 Å². The first kappa shape index (κ1) is 12.6. The molecule has 1 aliphatic rings. The molecule has 1 aromatic rings. The maximum absolute atomic E-state index is 11.7. The second-order valence-electron chi connectivity index (χ2n) is 3.48. The van der Waals surface area contributed by atoms with Gasteiger partial charge in [-0.15, -0.1) is 0 Å². The van der Waals surface area contributed by atoms with Crippen LogP contribution < -0.4 is 10.1 Å². The van der Waals surface area contributed by atoms with Crippen LogP contribution in [0.4, 0.5) is 5.82 Å². The predicted octanol–water partition coefficient (Wildman–Crippen LogP) is 0.701. The van der Waals surface area contributed by atoms with Gasteiger partial charge in [0.2, 0.25) is 5.75 Å². The lowest BCUT2D eigenvalue weighted by atomic mass is 10.3. The highest BCUT2D eigenvalue weighted by Gasteiger charge is 2.37. The van der Waals surface area contributed by atoms with Crippen molar-refractivity contribution < 1.29 is 19.1 Å². The van der Waals surface area contributed by atoms with Crippen LogP contribution in [0.3, 0.4) is 0 Å². The van der Waals surface area contributed by atoms with Crippen molar-refractivity contribution in [2.24, 2.45) is 0 Å². The number of amides is 1. The molecule has 2 rings (SSSR count). The molecule has 1 aliphatic heterocycles. The van der Waals surface area contributed by atoms with E-state index in [1.165, 1.54) is 0 Å². The number of ether oxygens (including phenoxy) is 2. The summed E-state index contributed by atoms with van der Waals surface area (Å²) in [5.41, 5.74) is 0. The van der Waals surface area contributed by atoms with Crippen LogP contribution in [0.1, 0.15) is 12.7 Å². The average molecular weight is 272 g/mol. The summed E-state index contributed by atoms with van der Waals surface area (Å²) in [5, 5.41) is 2.46. The second-order valence-corrected chi connectivity index (χ2v) is 3.84. The van der Waals surface area contributed by atoms with Crippen LogP contribution in [-0.4, -0.2) is 34.6 Å². The Bertz CT molecular complexity index is 520. The van der Waals surface area contributed by atoms with E-state index < -0.39 is 18.0 Å². The van der Waals surface area contributed by atoms with Gasteiger partial charge in [-0.1, -0.05) is 11.6 Å². The molecule has 2 heterocycles. The van der Waals surface area contributed by atoms with Gasteiger partial charge in [-0.05, 0) is 13.8 Å². The van der Waals surface area contributed by atoms with E-state index in [-0.39, 0.29) is 23.3 Å². The number of nitrogens with one attached hydrogen (secondary N) is 1. The van der Waals surface area contributed by atoms with Gasteiger partial charge in [0.15, 0.2) is 11.0 Å². The van der Waals surface area contributed by atoms with Gasteiger partial charge in [0.25, 0.3) is 12.0 Å². The van der Waals surface area contributed by atoms with Crippen LogP contribution in [0.5, 0.6) is 5.75 Å². The first-order valence-electron chi connectivity index (χ1n) is 5.21. The number of esters is 1. The summed E-state index contributed by atoms with van der Waals surface area (Å²) in [4.78, 5) is 31.0. The Morgan fingerprint density at radius 3 is 2.94 bits per heavy atom. The molecule has 0 aromatic carbocycles. The van der Waals surface area contributed by atoms with Gasteiger partial charge >= 0.3 is 5.97 Å². The van der Waals surface area contributed by atoms with Gasteiger partial charge in [0.1, 0.15) is 5.82 Å². The van der Waals surface area contributed by atoms with Crippen molar-refractivity contribution in [3.63, 3.8) is 0 Å². The summed E-state index contributed by atoms with van der Waals surface area (Å²) < 4.78 is 9.92. The molecule has 7 nitrogen and oxygen atoms in total. The van der Waals surface area contributed by atoms with Gasteiger partial charge in [-0.25, -0.2) is 14.8 Å². The molecule has 18 heavy (non-hydrogen) atoms. The van der Waals surface area contributed by atoms with Crippen LogP contribution in [0.25, 0.3) is 0 Å². The molecule has 0 spiro atoms. The number of carbonyl (C=O) groups excluding carboxylic acids is 2. The fourth-order valence-electron chi connectivity index (χ4n) is 1.44. The van der Waals surface area contributed by atoms with Gasteiger partial charge < -0.3 is 14.8 Å². The Labute approximate surface area is 107 Å². The highest BCUT2D eigenvalue weighted by molar-refractivity contribution is 6.31. The maximum atomic E-state index is 11.7. The Kier molecular flexibility index (Phi) is 3.33. The van der Waals surface area contributed by atoms with E-state index in [0.29, 0.717) is 5.82 Å². The number of hydrogen-bond donors (Lipinski definition) is 1. The molecule has 0 aliphatic carbocycles. The number of hydrogen-bond acceptors (Lipinski definition) is 6. The number of nitrogens with zero attached hydrogens (tertiary/aromatic N) is 2. The van der Waals surface area contributed by atoms with E-state index in [4.69, 9.17) is 21.1 Å². The maximum Gasteiger partial charge on any atom is 0.357 e. The number of rotatable bonds is 2. The van der Waals surface area contributed by atoms with Gasteiger partial charge in [0, 0.05) is 0 Å². The van der Waals surface area contributed by atoms with Crippen molar-refractivity contribution in [1.29, 1.82) is 0 Å². The normalized spacial score (nSPS) is 17.5. The summed E-state index contributed by atoms with van der Waals surface area (Å²) in [6.45, 7) is 3.40. The number of aromatic nitrogens is 2. The summed E-state index contributed by atoms with van der Waals surface area (Å²) in [5.74, 6) is -0.817. The molecule has 1 N–H and O–H groups in total. The molecule has 0 fully saturated rings. The fraction of sp³-hybridized carbons (Fsp3) is 0.400. The van der Waals surface area contributed by atoms with Crippen molar-refractivity contribution in [2.75, 3.05) is 11.9 Å². The zero-order chi connectivity index (χ0) is 13.3. The van der Waals surface area contributed by atoms with Crippen LogP contribution in [-0.2, 0) is 14.3 Å². The number of halogens is 1. The Morgan fingerprint density at radius 2 is 2.28 bits per heavy atom. The van der Waals surface area contributed by atoms with E-state index in [2.05, 4.69) is 15.3 Å². The topological polar surface area (TPSA) is 90.4 Å². The number of aryl methyl sites for hydroxylation is 1. The standard InChI is InChI=1S/C10H10ClN3O4/c1-3-17-10(16)6-9(15)14-8-5(18-6)7(11)12-4(2)13-8/h6H,3H2,1-2H3,(H,12,13,14,15). The van der Waals surface area contributed by atoms with Crippen molar-refractivity contribution in [3.8, 4) is 5.75 Å². The zero-order valence-electron chi connectivity index (χ0n) is 9.69. The number of fused-ring (bicyclic) bond motifs is 1. The Balaban J connectivity index is 2.33. The average Bonchev–Trinajstić information content (AvgIpc) is 2.27. The minimum absolute atomic E-state index is 0.0341. The summed E-state index contributed by atoms with van der Waals surface area (Å²) in [6, 6.07) is 0. The van der Waals surface area contributed by atoms with Crippen LogP contribution in [0, 0.1) is 6.92 Å². The Morgan fingerprint density at radius 1 is 1.56 bits per heavy atom. The number of anilines is 1. The van der Waals surface area contributed by atoms with Crippen molar-refractivity contribution >= 4 is 29.3 Å². The molecule has 1 aromatic heterocycles. The molecular weight excluding hydrogens is 262 g/mol. The third-order valence-electron chi connectivity index (χ3n) is 2.15. The minimum Gasteiger partial charge on any atom is -0.463 e. The predicted molar refractivity (Wildman–Crippen MR) is 61.5 cm³/mol. The molecule has 96 valence electrons. The lowest BCUT2D eigenvalue weighted by Crippen LogP contribution is -2.44. The number of carbonyl (C=O) groups is 2. The lowest BCUT2D eigenvalue weighted by Gasteiger charge is -2.23. The lowest BCUT2D eigenvalue weighted by molar-refractivity contribution is -0.155.